The topological polar surface area (TPSA) is 75.4 Å². The number of hydrogen-bond donors (Lipinski definition) is 2. The molecule has 1 unspecified atom stereocenters. The standard InChI is InChI=1S/C11H11ClN2O3/c1-14-8-4-6(12)2-3-7(8)13-11(14)9(15)5-10(16)17/h2-4,9,15H,5H2,1H3,(H,16,17). The van der Waals surface area contributed by atoms with E-state index in [1.54, 1.807) is 29.8 Å². The van der Waals surface area contributed by atoms with Gasteiger partial charge in [0.05, 0.1) is 17.5 Å². The van der Waals surface area contributed by atoms with Gasteiger partial charge in [0.15, 0.2) is 0 Å². The monoisotopic (exact) mass is 254 g/mol. The molecule has 0 aliphatic carbocycles. The molecular weight excluding hydrogens is 244 g/mol. The lowest BCUT2D eigenvalue weighted by Gasteiger charge is -2.07. The minimum atomic E-state index is -1.12. The highest BCUT2D eigenvalue weighted by Gasteiger charge is 2.18. The van der Waals surface area contributed by atoms with Crippen molar-refractivity contribution in [3.8, 4) is 0 Å². The molecule has 0 saturated heterocycles. The zero-order valence-corrected chi connectivity index (χ0v) is 9.85. The zero-order chi connectivity index (χ0) is 12.6. The number of aryl methyl sites for hydroxylation is 1. The van der Waals surface area contributed by atoms with Gasteiger partial charge in [-0.15, -0.1) is 0 Å². The van der Waals surface area contributed by atoms with Crippen LogP contribution in [0.3, 0.4) is 0 Å². The molecule has 2 rings (SSSR count). The molecule has 0 fully saturated rings. The molecule has 5 nitrogen and oxygen atoms in total. The number of imidazole rings is 1. The second-order valence-corrected chi connectivity index (χ2v) is 4.21. The van der Waals surface area contributed by atoms with Crippen LogP contribution in [0.2, 0.25) is 5.02 Å². The zero-order valence-electron chi connectivity index (χ0n) is 9.09. The number of nitrogens with zero attached hydrogens (tertiary/aromatic N) is 2. The first-order valence-corrected chi connectivity index (χ1v) is 5.38. The fourth-order valence-electron chi connectivity index (χ4n) is 1.74. The average Bonchev–Trinajstić information content (AvgIpc) is 2.55. The lowest BCUT2D eigenvalue weighted by Crippen LogP contribution is -2.10. The van der Waals surface area contributed by atoms with Gasteiger partial charge in [0, 0.05) is 12.1 Å². The molecular formula is C11H11ClN2O3. The van der Waals surface area contributed by atoms with Crippen LogP contribution in [-0.2, 0) is 11.8 Å². The van der Waals surface area contributed by atoms with E-state index in [9.17, 15) is 9.90 Å². The largest absolute Gasteiger partial charge is 0.481 e. The number of aromatic nitrogens is 2. The van der Waals surface area contributed by atoms with Crippen molar-refractivity contribution in [2.45, 2.75) is 12.5 Å². The summed E-state index contributed by atoms with van der Waals surface area (Å²) in [6, 6.07) is 5.15. The fraction of sp³-hybridized carbons (Fsp3) is 0.273. The Hall–Kier alpha value is -1.59. The number of fused-ring (bicyclic) bond motifs is 1. The molecule has 0 aliphatic rings. The Bertz CT molecular complexity index is 579. The molecule has 90 valence electrons. The minimum Gasteiger partial charge on any atom is -0.481 e. The van der Waals surface area contributed by atoms with Gasteiger partial charge in [-0.2, -0.15) is 0 Å². The predicted molar refractivity (Wildman–Crippen MR) is 62.9 cm³/mol. The summed E-state index contributed by atoms with van der Waals surface area (Å²) in [5.41, 5.74) is 1.44. The van der Waals surface area contributed by atoms with Gasteiger partial charge in [0.1, 0.15) is 11.9 Å². The number of halogens is 1. The number of carboxylic acids is 1. The number of rotatable bonds is 3. The van der Waals surface area contributed by atoms with Gasteiger partial charge in [-0.05, 0) is 18.2 Å². The van der Waals surface area contributed by atoms with E-state index in [0.29, 0.717) is 16.4 Å². The molecule has 0 bridgehead atoms. The highest BCUT2D eigenvalue weighted by molar-refractivity contribution is 6.31. The molecule has 1 aromatic heterocycles. The maximum Gasteiger partial charge on any atom is 0.306 e. The van der Waals surface area contributed by atoms with Gasteiger partial charge >= 0.3 is 5.97 Å². The molecule has 0 saturated carbocycles. The van der Waals surface area contributed by atoms with E-state index in [-0.39, 0.29) is 6.42 Å². The van der Waals surface area contributed by atoms with Crippen LogP contribution in [0, 0.1) is 0 Å². The van der Waals surface area contributed by atoms with Gasteiger partial charge in [0.25, 0.3) is 0 Å². The van der Waals surface area contributed by atoms with Crippen molar-refractivity contribution < 1.29 is 15.0 Å². The summed E-state index contributed by atoms with van der Waals surface area (Å²) in [4.78, 5) is 14.7. The number of aliphatic hydroxyl groups is 1. The summed E-state index contributed by atoms with van der Waals surface area (Å²) in [5, 5.41) is 19.0. The number of carboxylic acid groups (broad SMARTS) is 1. The Balaban J connectivity index is 2.48. The third-order valence-electron chi connectivity index (χ3n) is 2.54. The van der Waals surface area contributed by atoms with E-state index in [4.69, 9.17) is 16.7 Å². The molecule has 2 N–H and O–H groups in total. The van der Waals surface area contributed by atoms with Crippen molar-refractivity contribution in [1.29, 1.82) is 0 Å². The molecule has 0 amide bonds. The van der Waals surface area contributed by atoms with Crippen LogP contribution in [0.1, 0.15) is 18.3 Å². The summed E-state index contributed by atoms with van der Waals surface area (Å²) in [7, 11) is 1.71. The van der Waals surface area contributed by atoms with E-state index >= 15 is 0 Å². The van der Waals surface area contributed by atoms with Crippen molar-refractivity contribution in [3.63, 3.8) is 0 Å². The van der Waals surface area contributed by atoms with Gasteiger partial charge in [-0.25, -0.2) is 4.98 Å². The van der Waals surface area contributed by atoms with Crippen molar-refractivity contribution in [2.24, 2.45) is 7.05 Å². The normalized spacial score (nSPS) is 12.9. The number of aliphatic hydroxyl groups excluding tert-OH is 1. The third-order valence-corrected chi connectivity index (χ3v) is 2.78. The van der Waals surface area contributed by atoms with Crippen LogP contribution < -0.4 is 0 Å². The van der Waals surface area contributed by atoms with Crippen LogP contribution in [0.15, 0.2) is 18.2 Å². The molecule has 0 radical (unpaired) electrons. The first-order valence-electron chi connectivity index (χ1n) is 5.01. The molecule has 1 heterocycles. The lowest BCUT2D eigenvalue weighted by atomic mass is 10.2. The lowest BCUT2D eigenvalue weighted by molar-refractivity contribution is -0.139. The van der Waals surface area contributed by atoms with Crippen LogP contribution >= 0.6 is 11.6 Å². The van der Waals surface area contributed by atoms with Crippen LogP contribution in [0.4, 0.5) is 0 Å². The Morgan fingerprint density at radius 1 is 1.59 bits per heavy atom. The number of hydrogen-bond acceptors (Lipinski definition) is 3. The molecule has 17 heavy (non-hydrogen) atoms. The van der Waals surface area contributed by atoms with E-state index < -0.39 is 12.1 Å². The van der Waals surface area contributed by atoms with E-state index in [0.717, 1.165) is 5.52 Å². The molecule has 0 aliphatic heterocycles. The Labute approximate surface area is 102 Å². The molecule has 0 spiro atoms. The number of benzene rings is 1. The highest BCUT2D eigenvalue weighted by Crippen LogP contribution is 2.24. The second kappa shape index (κ2) is 4.35. The number of aliphatic carboxylic acids is 1. The van der Waals surface area contributed by atoms with Crippen molar-refractivity contribution >= 4 is 28.6 Å². The van der Waals surface area contributed by atoms with Crippen LogP contribution in [0.5, 0.6) is 0 Å². The molecule has 1 aromatic carbocycles. The van der Waals surface area contributed by atoms with Crippen LogP contribution in [0.25, 0.3) is 11.0 Å². The third kappa shape index (κ3) is 2.25. The Morgan fingerprint density at radius 2 is 2.29 bits per heavy atom. The predicted octanol–water partition coefficient (Wildman–Crippen LogP) is 1.73. The van der Waals surface area contributed by atoms with Gasteiger partial charge in [-0.3, -0.25) is 4.79 Å². The van der Waals surface area contributed by atoms with E-state index in [2.05, 4.69) is 4.98 Å². The maximum atomic E-state index is 10.5. The summed E-state index contributed by atoms with van der Waals surface area (Å²) < 4.78 is 1.65. The average molecular weight is 255 g/mol. The quantitative estimate of drug-likeness (QED) is 0.875. The van der Waals surface area contributed by atoms with Gasteiger partial charge in [-0.1, -0.05) is 11.6 Å². The molecule has 6 heteroatoms. The SMILES string of the molecule is Cn1c(C(O)CC(=O)O)nc2ccc(Cl)cc21. The van der Waals surface area contributed by atoms with E-state index in [1.807, 2.05) is 0 Å². The molecule has 1 atom stereocenters. The summed E-state index contributed by atoms with van der Waals surface area (Å²) in [5.74, 6) is -0.743. The second-order valence-electron chi connectivity index (χ2n) is 3.78. The van der Waals surface area contributed by atoms with Crippen molar-refractivity contribution in [3.05, 3.63) is 29.0 Å². The van der Waals surface area contributed by atoms with Crippen LogP contribution in [-0.4, -0.2) is 25.7 Å². The fourth-order valence-corrected chi connectivity index (χ4v) is 1.90. The molecule has 2 aromatic rings. The Kier molecular flexibility index (Phi) is 3.04. The van der Waals surface area contributed by atoms with Gasteiger partial charge < -0.3 is 14.8 Å². The number of carbonyl (C=O) groups is 1. The van der Waals surface area contributed by atoms with Crippen molar-refractivity contribution in [1.82, 2.24) is 9.55 Å². The first kappa shape index (κ1) is 11.9. The van der Waals surface area contributed by atoms with Crippen molar-refractivity contribution in [2.75, 3.05) is 0 Å². The summed E-state index contributed by atoms with van der Waals surface area (Å²) in [6.45, 7) is 0. The maximum absolute atomic E-state index is 10.5. The smallest absolute Gasteiger partial charge is 0.306 e. The summed E-state index contributed by atoms with van der Waals surface area (Å²) in [6.07, 6.45) is -1.49. The van der Waals surface area contributed by atoms with E-state index in [1.165, 1.54) is 0 Å². The first-order chi connectivity index (χ1) is 7.99. The Morgan fingerprint density at radius 3 is 2.94 bits per heavy atom. The highest BCUT2D eigenvalue weighted by atomic mass is 35.5. The minimum absolute atomic E-state index is 0.324. The van der Waals surface area contributed by atoms with Gasteiger partial charge in [0.2, 0.25) is 0 Å². The summed E-state index contributed by atoms with van der Waals surface area (Å²) >= 11 is 5.87.